The number of nitrogens with zero attached hydrogens (tertiary/aromatic N) is 6. The van der Waals surface area contributed by atoms with Crippen LogP contribution in [0.1, 0.15) is 203 Å². The number of fused-ring (bicyclic) bond motifs is 6. The molecule has 0 aliphatic heterocycles. The minimum atomic E-state index is 0. The van der Waals surface area contributed by atoms with Crippen LogP contribution in [0.5, 0.6) is 0 Å². The Labute approximate surface area is 499 Å². The third-order valence-corrected chi connectivity index (χ3v) is 15.5. The van der Waals surface area contributed by atoms with E-state index in [0.29, 0.717) is 47.3 Å². The second-order valence-corrected chi connectivity index (χ2v) is 23.8. The van der Waals surface area contributed by atoms with Crippen molar-refractivity contribution in [3.05, 3.63) is 215 Å². The summed E-state index contributed by atoms with van der Waals surface area (Å²) >= 11 is 0. The van der Waals surface area contributed by atoms with Crippen molar-refractivity contribution in [1.29, 1.82) is 0 Å². The van der Waals surface area contributed by atoms with Crippen molar-refractivity contribution < 1.29 is 43.3 Å². The summed E-state index contributed by atoms with van der Waals surface area (Å²) in [6.07, 6.45) is 16.0. The van der Waals surface area contributed by atoms with Gasteiger partial charge in [-0.05, 0) is 113 Å². The summed E-state index contributed by atoms with van der Waals surface area (Å²) in [5, 5.41) is 4.79. The normalized spacial score (nSPS) is 11.7. The van der Waals surface area contributed by atoms with Crippen LogP contribution >= 0.6 is 0 Å². The Hall–Kier alpha value is -6.40. The first-order valence-electron chi connectivity index (χ1n) is 28.7. The number of para-hydroxylation sites is 6. The van der Waals surface area contributed by atoms with E-state index in [1.165, 1.54) is 88.8 Å². The molecule has 0 atom stereocenters. The fourth-order valence-corrected chi connectivity index (χ4v) is 11.3. The summed E-state index contributed by atoms with van der Waals surface area (Å²) in [5.74, 6) is 3.68. The molecule has 6 nitrogen and oxygen atoms in total. The predicted octanol–water partition coefficient (Wildman–Crippen LogP) is 18.3. The molecule has 0 saturated carbocycles. The van der Waals surface area contributed by atoms with Gasteiger partial charge in [0.25, 0.3) is 12.7 Å². The molecular formula is C72H82Cu2N6+2. The van der Waals surface area contributed by atoms with Gasteiger partial charge in [0.05, 0.1) is 22.7 Å². The van der Waals surface area contributed by atoms with Gasteiger partial charge in [0, 0.05) is 24.8 Å². The summed E-state index contributed by atoms with van der Waals surface area (Å²) < 4.78 is 8.80. The van der Waals surface area contributed by atoms with Gasteiger partial charge in [-0.15, -0.1) is 22.1 Å². The molecule has 0 aliphatic carbocycles. The molecule has 80 heavy (non-hydrogen) atoms. The molecule has 2 radical (unpaired) electrons. The Morgan fingerprint density at radius 3 is 0.850 bits per heavy atom. The molecule has 0 amide bonds. The first-order chi connectivity index (χ1) is 37.3. The Balaban J connectivity index is 0.000000174. The second kappa shape index (κ2) is 26.0. The molecule has 0 fully saturated rings. The van der Waals surface area contributed by atoms with Gasteiger partial charge in [-0.3, -0.25) is 18.3 Å². The van der Waals surface area contributed by atoms with Gasteiger partial charge in [-0.2, -0.15) is 0 Å². The van der Waals surface area contributed by atoms with E-state index in [1.54, 1.807) is 0 Å². The van der Waals surface area contributed by atoms with E-state index in [0.717, 1.165) is 22.1 Å². The summed E-state index contributed by atoms with van der Waals surface area (Å²) in [4.78, 5) is 9.45. The minimum absolute atomic E-state index is 0. The van der Waals surface area contributed by atoms with Crippen LogP contribution in [0.25, 0.3) is 66.4 Å². The molecule has 420 valence electrons. The van der Waals surface area contributed by atoms with Crippen molar-refractivity contribution in [1.82, 2.24) is 19.1 Å². The molecule has 8 heteroatoms. The standard InChI is InChI=1S/2C27H36N2.C18H10N2.2Cu/c2*1-18(2)22-11-9-12-23(19(3)4)26(22)28-15-16-29(17-28)27-24(20(5)6)13-10-14-25(27)21(7)8;1-3-7-15-11(5-1)13-9-18-14(10-17(13)19-15)12-6-2-4-8-16(12)20-18;;/h2*9-16,18-21H,1-8H3;1-10H;;/q;;-2;2*+2. The molecule has 4 aromatic heterocycles. The molecule has 0 saturated heterocycles. The summed E-state index contributed by atoms with van der Waals surface area (Å²) in [7, 11) is 0. The average Bonchev–Trinajstić information content (AvgIpc) is 4.25. The Kier molecular flexibility index (Phi) is 19.9. The largest absolute Gasteiger partial charge is 2.00 e. The van der Waals surface area contributed by atoms with Crippen LogP contribution in [0.15, 0.2) is 158 Å². The predicted molar refractivity (Wildman–Crippen MR) is 328 cm³/mol. The van der Waals surface area contributed by atoms with Crippen LogP contribution in [-0.2, 0) is 34.1 Å². The molecule has 0 aliphatic rings. The van der Waals surface area contributed by atoms with Crippen molar-refractivity contribution in [3.63, 3.8) is 0 Å². The molecule has 11 aromatic rings. The zero-order valence-corrected chi connectivity index (χ0v) is 51.8. The van der Waals surface area contributed by atoms with E-state index in [9.17, 15) is 0 Å². The number of imidazole rings is 2. The summed E-state index contributed by atoms with van der Waals surface area (Å²) in [6.45, 7) is 36.3. The molecular weight excluding hydrogens is 1080 g/mol. The third-order valence-electron chi connectivity index (χ3n) is 15.5. The van der Waals surface area contributed by atoms with Crippen molar-refractivity contribution in [2.24, 2.45) is 0 Å². The molecule has 0 spiro atoms. The molecule has 11 rings (SSSR count). The van der Waals surface area contributed by atoms with Crippen LogP contribution in [0, 0.1) is 12.7 Å². The van der Waals surface area contributed by atoms with Gasteiger partial charge in [-0.1, -0.05) is 244 Å². The summed E-state index contributed by atoms with van der Waals surface area (Å²) in [6, 6.07) is 47.7. The van der Waals surface area contributed by atoms with Gasteiger partial charge in [0.1, 0.15) is 0 Å². The number of hydrogen-bond acceptors (Lipinski definition) is 0. The molecule has 0 unspecified atom stereocenters. The fourth-order valence-electron chi connectivity index (χ4n) is 11.3. The van der Waals surface area contributed by atoms with Gasteiger partial charge < -0.3 is 9.97 Å². The van der Waals surface area contributed by atoms with Gasteiger partial charge in [0.15, 0.2) is 0 Å². The Bertz CT molecular complexity index is 3340. The minimum Gasteiger partial charge on any atom is -0.657 e. The number of aromatic nitrogens is 6. The van der Waals surface area contributed by atoms with Crippen LogP contribution in [0.3, 0.4) is 0 Å². The Morgan fingerprint density at radius 1 is 0.312 bits per heavy atom. The monoisotopic (exact) mass is 1160 g/mol. The number of benzene rings is 7. The molecule has 4 heterocycles. The van der Waals surface area contributed by atoms with Gasteiger partial charge in [-0.25, -0.2) is 0 Å². The zero-order chi connectivity index (χ0) is 55.7. The molecule has 7 aromatic carbocycles. The SMILES string of the molecule is CC(C)c1cccc(C(C)C)c1-n1[c-][n+](-c2c(C(C)C)cccc2C(C)C)cc1.CC(C)c1cccc(C(C)C)c1-n1[c-][n+](-c2c(C(C)C)cccc2C(C)C)cc1.[Cu+2].[Cu+2].c1ccc2c(c1)[n-]c1cc3c(cc12)[n-]c1ccccc13. The van der Waals surface area contributed by atoms with Crippen molar-refractivity contribution in [2.45, 2.75) is 158 Å². The first-order valence-corrected chi connectivity index (χ1v) is 28.7. The van der Waals surface area contributed by atoms with Crippen LogP contribution < -0.4 is 19.1 Å². The molecule has 0 bridgehead atoms. The van der Waals surface area contributed by atoms with Gasteiger partial charge in [0.2, 0.25) is 0 Å². The van der Waals surface area contributed by atoms with E-state index in [4.69, 9.17) is 9.97 Å². The molecule has 0 N–H and O–H groups in total. The van der Waals surface area contributed by atoms with E-state index in [-0.39, 0.29) is 34.1 Å². The Morgan fingerprint density at radius 2 is 0.575 bits per heavy atom. The van der Waals surface area contributed by atoms with E-state index < -0.39 is 0 Å². The maximum absolute atomic E-state index is 4.72. The van der Waals surface area contributed by atoms with Gasteiger partial charge >= 0.3 is 34.1 Å². The topological polar surface area (TPSA) is 45.8 Å². The second-order valence-electron chi connectivity index (χ2n) is 23.8. The maximum Gasteiger partial charge on any atom is 2.00 e. The maximum atomic E-state index is 4.72. The number of rotatable bonds is 12. The number of hydrogen-bond donors (Lipinski definition) is 0. The fraction of sp³-hybridized carbons (Fsp3) is 0.333. The van der Waals surface area contributed by atoms with Crippen molar-refractivity contribution >= 4 is 43.6 Å². The van der Waals surface area contributed by atoms with Crippen molar-refractivity contribution in [2.75, 3.05) is 0 Å². The van der Waals surface area contributed by atoms with E-state index in [2.05, 4.69) is 288 Å². The zero-order valence-electron chi connectivity index (χ0n) is 49.9. The average molecular weight is 1160 g/mol. The van der Waals surface area contributed by atoms with Crippen LogP contribution in [0.2, 0.25) is 0 Å². The van der Waals surface area contributed by atoms with E-state index >= 15 is 0 Å². The summed E-state index contributed by atoms with van der Waals surface area (Å²) in [5.41, 5.74) is 20.3. The van der Waals surface area contributed by atoms with Crippen molar-refractivity contribution in [3.8, 4) is 22.7 Å². The van der Waals surface area contributed by atoms with Crippen LogP contribution in [-0.4, -0.2) is 9.13 Å². The smallest absolute Gasteiger partial charge is 0.657 e. The third kappa shape index (κ3) is 12.4. The first kappa shape index (κ1) is 61.2. The van der Waals surface area contributed by atoms with E-state index in [1.807, 2.05) is 12.1 Å². The van der Waals surface area contributed by atoms with Crippen LogP contribution in [0.4, 0.5) is 0 Å². The quantitative estimate of drug-likeness (QED) is 0.0695.